The van der Waals surface area contributed by atoms with Crippen molar-refractivity contribution in [2.45, 2.75) is 42.2 Å². The van der Waals surface area contributed by atoms with Crippen LogP contribution in [0.1, 0.15) is 19.5 Å². The Labute approximate surface area is 290 Å². The molecule has 2 atom stereocenters. The average molecular weight is 763 g/mol. The first-order valence-electron chi connectivity index (χ1n) is 13.6. The zero-order valence-electron chi connectivity index (χ0n) is 25.7. The number of carbonyl (C=O) groups is 5. The second-order valence-corrected chi connectivity index (χ2v) is 13.5. The molecule has 2 unspecified atom stereocenters. The predicted octanol–water partition coefficient (Wildman–Crippen LogP) is -1.41. The second kappa shape index (κ2) is 14.4. The number of hydrogen-bond donors (Lipinski definition) is 5. The summed E-state index contributed by atoms with van der Waals surface area (Å²) >= 11 is 3.52. The van der Waals surface area contributed by atoms with E-state index in [0.717, 1.165) is 16.2 Å². The van der Waals surface area contributed by atoms with Gasteiger partial charge in [-0.3, -0.25) is 14.5 Å². The van der Waals surface area contributed by atoms with Crippen molar-refractivity contribution in [1.82, 2.24) is 29.8 Å². The molecule has 268 valence electrons. The summed E-state index contributed by atoms with van der Waals surface area (Å²) in [5.41, 5.74) is 10.5. The van der Waals surface area contributed by atoms with Gasteiger partial charge >= 0.3 is 18.1 Å². The predicted molar refractivity (Wildman–Crippen MR) is 166 cm³/mol. The number of nitrogens with one attached hydrogen (secondary N) is 1. The van der Waals surface area contributed by atoms with Crippen LogP contribution >= 0.6 is 34.9 Å². The van der Waals surface area contributed by atoms with Gasteiger partial charge in [-0.1, -0.05) is 16.9 Å². The van der Waals surface area contributed by atoms with Crippen LogP contribution in [0.5, 0.6) is 0 Å². The smallest absolute Gasteiger partial charge is 0.430 e. The number of alkyl halides is 3. The highest BCUT2D eigenvalue weighted by Crippen LogP contribution is 2.41. The monoisotopic (exact) mass is 762 g/mol. The van der Waals surface area contributed by atoms with Gasteiger partial charge in [0.25, 0.3) is 28.9 Å². The summed E-state index contributed by atoms with van der Waals surface area (Å²) in [5.74, 6) is -6.42. The van der Waals surface area contributed by atoms with E-state index in [1.54, 1.807) is 28.5 Å². The third-order valence-corrected chi connectivity index (χ3v) is 9.63. The Bertz CT molecular complexity index is 1950. The minimum atomic E-state index is -5.19. The Hall–Kier alpha value is -5.17. The van der Waals surface area contributed by atoms with E-state index in [0.29, 0.717) is 16.4 Å². The molecule has 2 aliphatic heterocycles. The maximum Gasteiger partial charge on any atom is 0.430 e. The fourth-order valence-corrected chi connectivity index (χ4v) is 7.08. The number of thiazole rings is 1. The molecule has 25 heteroatoms. The van der Waals surface area contributed by atoms with Gasteiger partial charge in [-0.15, -0.1) is 23.1 Å². The molecule has 3 aromatic rings. The Morgan fingerprint density at radius 1 is 1.24 bits per heavy atom. The number of amides is 2. The van der Waals surface area contributed by atoms with E-state index >= 15 is 0 Å². The van der Waals surface area contributed by atoms with Crippen LogP contribution in [-0.4, -0.2) is 105 Å². The molecule has 0 radical (unpaired) electrons. The van der Waals surface area contributed by atoms with Crippen molar-refractivity contribution >= 4 is 86.9 Å². The lowest BCUT2D eigenvalue weighted by Crippen LogP contribution is -2.71. The number of aliphatic carboxylic acids is 3. The summed E-state index contributed by atoms with van der Waals surface area (Å²) in [4.78, 5) is 73.6. The van der Waals surface area contributed by atoms with Gasteiger partial charge in [-0.05, 0) is 23.9 Å². The first kappa shape index (κ1) is 37.6. The molecule has 0 saturated carbocycles. The molecule has 1 saturated heterocycles. The number of oxime groups is 1. The fraction of sp³-hybridized carbons (Fsp3) is 0.360. The van der Waals surface area contributed by atoms with E-state index in [-0.39, 0.29) is 33.8 Å². The van der Waals surface area contributed by atoms with Crippen LogP contribution in [0.3, 0.4) is 0 Å². The van der Waals surface area contributed by atoms with E-state index in [9.17, 15) is 42.6 Å². The lowest BCUT2D eigenvalue weighted by atomic mass is 10.0. The molecular weight excluding hydrogens is 738 g/mol. The molecular formula is C25H25F3N10O9S3. The maximum atomic E-state index is 13.3. The third kappa shape index (κ3) is 7.99. The number of aryl methyl sites for hydroxylation is 1. The van der Waals surface area contributed by atoms with Crippen molar-refractivity contribution < 1.29 is 61.9 Å². The van der Waals surface area contributed by atoms with Crippen LogP contribution in [0.2, 0.25) is 0 Å². The zero-order valence-corrected chi connectivity index (χ0v) is 28.1. The number of anilines is 2. The Morgan fingerprint density at radius 2 is 1.90 bits per heavy atom. The van der Waals surface area contributed by atoms with Crippen LogP contribution in [0.15, 0.2) is 39.4 Å². The number of carboxylic acids is 3. The van der Waals surface area contributed by atoms with E-state index in [2.05, 4.69) is 25.5 Å². The largest absolute Gasteiger partial charge is 0.542 e. The summed E-state index contributed by atoms with van der Waals surface area (Å²) in [6.45, 7) is 2.48. The standard InChI is InChI=1S/C23H24N10O7S3.C2HF3O2/c1-23(2,20(38)39)40-30-13(10-7-42-21(25)27-10)16(34)29-14-17(35)32-15(19(36)37)9(5-41-18(14)32)6-43-22-28-11(24)4-12-31(3)8-26-33(12)22;3-2(4,5)1(6)7/h4,7-8,14,18,24H,5-6H2,1-3H3,(H5,25,27,29,34,36,37,38,39);(H,6,7)/b30-13-;. The first-order chi connectivity index (χ1) is 23.2. The number of nitrogens with zero attached hydrogens (tertiary/aromatic N) is 7. The number of halogens is 3. The van der Waals surface area contributed by atoms with Gasteiger partial charge in [0.15, 0.2) is 10.8 Å². The molecule has 0 aliphatic carbocycles. The van der Waals surface area contributed by atoms with Crippen LogP contribution in [0.4, 0.5) is 24.1 Å². The molecule has 5 heterocycles. The minimum Gasteiger partial charge on any atom is -0.542 e. The molecule has 0 aromatic carbocycles. The number of β-lactam (4-membered cyclic amide) rings is 1. The number of carboxylic acid groups (broad SMARTS) is 3. The number of rotatable bonds is 10. The molecule has 1 fully saturated rings. The number of thioether (sulfide) groups is 2. The van der Waals surface area contributed by atoms with Crippen LogP contribution in [-0.2, 0) is 35.9 Å². The van der Waals surface area contributed by atoms with Gasteiger partial charge in [-0.25, -0.2) is 19.1 Å². The SMILES string of the molecule is C[n+]1cnn2c(SCC3=C(C(=O)O)N4C(=O)C(NC(=O)/C(=N\OC(C)(C)C(=O)O)c5csc(N)n5)C4SC3)nc(N)cc21.O=C([O-])C(F)(F)F. The van der Waals surface area contributed by atoms with Crippen molar-refractivity contribution in [2.24, 2.45) is 12.2 Å². The zero-order chi connectivity index (χ0) is 37.3. The summed E-state index contributed by atoms with van der Waals surface area (Å²) in [6, 6.07) is 0.570. The molecule has 3 aromatic heterocycles. The van der Waals surface area contributed by atoms with Gasteiger partial charge in [-0.2, -0.15) is 18.2 Å². The van der Waals surface area contributed by atoms with Crippen molar-refractivity contribution in [3.8, 4) is 0 Å². The molecule has 2 aliphatic rings. The summed E-state index contributed by atoms with van der Waals surface area (Å²) < 4.78 is 34.9. The van der Waals surface area contributed by atoms with E-state index in [1.807, 2.05) is 0 Å². The van der Waals surface area contributed by atoms with E-state index in [1.165, 1.54) is 42.8 Å². The lowest BCUT2D eigenvalue weighted by Gasteiger charge is -2.49. The second-order valence-electron chi connectivity index (χ2n) is 10.6. The Kier molecular flexibility index (Phi) is 10.8. The highest BCUT2D eigenvalue weighted by molar-refractivity contribution is 8.01. The van der Waals surface area contributed by atoms with Crippen LogP contribution in [0, 0.1) is 0 Å². The van der Waals surface area contributed by atoms with Crippen molar-refractivity contribution in [3.63, 3.8) is 0 Å². The average Bonchev–Trinajstić information content (AvgIpc) is 3.62. The summed E-state index contributed by atoms with van der Waals surface area (Å²) in [7, 11) is 1.80. The van der Waals surface area contributed by atoms with Gasteiger partial charge in [0.1, 0.15) is 34.6 Å². The molecule has 2 amide bonds. The minimum absolute atomic E-state index is 0.0154. The topological polar surface area (TPSA) is 285 Å². The maximum absolute atomic E-state index is 13.3. The van der Waals surface area contributed by atoms with E-state index in [4.69, 9.17) is 26.2 Å². The Balaban J connectivity index is 0.000000727. The Morgan fingerprint density at radius 3 is 2.46 bits per heavy atom. The number of carbonyl (C=O) groups excluding carboxylic acids is 3. The van der Waals surface area contributed by atoms with Gasteiger partial charge < -0.3 is 41.7 Å². The lowest BCUT2D eigenvalue weighted by molar-refractivity contribution is -0.646. The molecule has 7 N–H and O–H groups in total. The number of aromatic nitrogens is 5. The van der Waals surface area contributed by atoms with Crippen LogP contribution in [0.25, 0.3) is 5.65 Å². The van der Waals surface area contributed by atoms with Crippen molar-refractivity contribution in [2.75, 3.05) is 23.0 Å². The van der Waals surface area contributed by atoms with Crippen LogP contribution < -0.4 is 26.5 Å². The highest BCUT2D eigenvalue weighted by atomic mass is 32.2. The fourth-order valence-electron chi connectivity index (χ4n) is 4.08. The van der Waals surface area contributed by atoms with Gasteiger partial charge in [0.2, 0.25) is 5.60 Å². The number of nitrogens with two attached hydrogens (primary N) is 2. The normalized spacial score (nSPS) is 17.8. The number of fused-ring (bicyclic) bond motifs is 2. The van der Waals surface area contributed by atoms with Crippen molar-refractivity contribution in [3.05, 3.63) is 34.7 Å². The summed E-state index contributed by atoms with van der Waals surface area (Å²) in [5, 5.41) is 40.0. The molecule has 19 nitrogen and oxygen atoms in total. The number of hydrogen-bond acceptors (Lipinski definition) is 16. The van der Waals surface area contributed by atoms with Gasteiger partial charge in [0, 0.05) is 22.0 Å². The van der Waals surface area contributed by atoms with Gasteiger partial charge in [0.05, 0.1) is 13.1 Å². The molecule has 5 rings (SSSR count). The molecule has 0 spiro atoms. The van der Waals surface area contributed by atoms with E-state index < -0.39 is 58.6 Å². The van der Waals surface area contributed by atoms with Crippen molar-refractivity contribution in [1.29, 1.82) is 0 Å². The highest BCUT2D eigenvalue weighted by Gasteiger charge is 2.54. The quantitative estimate of drug-likeness (QED) is 0.0396. The third-order valence-electron chi connectivity index (χ3n) is 6.60. The first-order valence-corrected chi connectivity index (χ1v) is 16.5. The molecule has 50 heavy (non-hydrogen) atoms. The summed E-state index contributed by atoms with van der Waals surface area (Å²) in [6.07, 6.45) is -3.60. The molecule has 0 bridgehead atoms. The number of nitrogen functional groups attached to an aromatic ring is 2.